The maximum atomic E-state index is 3.30. The zero-order chi connectivity index (χ0) is 10.8. The third-order valence-electron chi connectivity index (χ3n) is 3.31. The van der Waals surface area contributed by atoms with E-state index in [1.54, 1.807) is 0 Å². The standard InChI is InChI=1S/C13H20N2/c1-10(14-3)9-15-11(2)8-12-6-4-5-7-13(12)15/h4-7,10-11,14H,8-9H2,1-3H3. The Labute approximate surface area is 92.3 Å². The normalized spacial score (nSPS) is 21.5. The van der Waals surface area contributed by atoms with E-state index in [0.29, 0.717) is 12.1 Å². The lowest BCUT2D eigenvalue weighted by Gasteiger charge is -2.28. The van der Waals surface area contributed by atoms with Crippen LogP contribution in [-0.2, 0) is 6.42 Å². The number of benzene rings is 1. The van der Waals surface area contributed by atoms with Crippen molar-refractivity contribution in [2.24, 2.45) is 0 Å². The molecule has 0 radical (unpaired) electrons. The lowest BCUT2D eigenvalue weighted by Crippen LogP contribution is -2.40. The summed E-state index contributed by atoms with van der Waals surface area (Å²) in [5.74, 6) is 0. The van der Waals surface area contributed by atoms with Gasteiger partial charge in [-0.1, -0.05) is 18.2 Å². The summed E-state index contributed by atoms with van der Waals surface area (Å²) in [5.41, 5.74) is 2.92. The Morgan fingerprint density at radius 3 is 2.93 bits per heavy atom. The number of anilines is 1. The molecule has 2 unspecified atom stereocenters. The minimum absolute atomic E-state index is 0.540. The highest BCUT2D eigenvalue weighted by atomic mass is 15.2. The van der Waals surface area contributed by atoms with Crippen LogP contribution in [0.4, 0.5) is 5.69 Å². The molecule has 2 atom stereocenters. The number of nitrogens with one attached hydrogen (secondary N) is 1. The van der Waals surface area contributed by atoms with Crippen LogP contribution in [0.1, 0.15) is 19.4 Å². The van der Waals surface area contributed by atoms with Gasteiger partial charge in [0, 0.05) is 24.3 Å². The first kappa shape index (κ1) is 10.5. The molecule has 0 saturated heterocycles. The highest BCUT2D eigenvalue weighted by Gasteiger charge is 2.25. The van der Waals surface area contributed by atoms with Gasteiger partial charge >= 0.3 is 0 Å². The third kappa shape index (κ3) is 2.00. The van der Waals surface area contributed by atoms with Crippen molar-refractivity contribution in [2.75, 3.05) is 18.5 Å². The molecule has 0 aliphatic carbocycles. The van der Waals surface area contributed by atoms with E-state index in [9.17, 15) is 0 Å². The number of para-hydroxylation sites is 1. The third-order valence-corrected chi connectivity index (χ3v) is 3.31. The van der Waals surface area contributed by atoms with Crippen LogP contribution in [0, 0.1) is 0 Å². The van der Waals surface area contributed by atoms with Gasteiger partial charge in [0.25, 0.3) is 0 Å². The van der Waals surface area contributed by atoms with Crippen molar-refractivity contribution in [2.45, 2.75) is 32.4 Å². The van der Waals surface area contributed by atoms with Gasteiger partial charge in [-0.25, -0.2) is 0 Å². The monoisotopic (exact) mass is 204 g/mol. The van der Waals surface area contributed by atoms with Crippen LogP contribution in [0.5, 0.6) is 0 Å². The molecule has 1 aliphatic rings. The molecule has 82 valence electrons. The fourth-order valence-electron chi connectivity index (χ4n) is 2.29. The molecular weight excluding hydrogens is 184 g/mol. The summed E-state index contributed by atoms with van der Waals surface area (Å²) in [5, 5.41) is 3.30. The largest absolute Gasteiger partial charge is 0.367 e. The molecule has 1 aromatic rings. The molecule has 0 spiro atoms. The second-order valence-corrected chi connectivity index (χ2v) is 4.52. The predicted molar refractivity (Wildman–Crippen MR) is 65.5 cm³/mol. The van der Waals surface area contributed by atoms with Gasteiger partial charge < -0.3 is 10.2 Å². The van der Waals surface area contributed by atoms with Crippen LogP contribution < -0.4 is 10.2 Å². The molecule has 0 amide bonds. The van der Waals surface area contributed by atoms with Crippen molar-refractivity contribution < 1.29 is 0 Å². The lowest BCUT2D eigenvalue weighted by atomic mass is 10.1. The molecule has 0 aromatic heterocycles. The van der Waals surface area contributed by atoms with E-state index in [1.165, 1.54) is 17.7 Å². The number of likely N-dealkylation sites (N-methyl/N-ethyl adjacent to an activating group) is 1. The predicted octanol–water partition coefficient (Wildman–Crippen LogP) is 2.05. The fraction of sp³-hybridized carbons (Fsp3) is 0.538. The van der Waals surface area contributed by atoms with E-state index >= 15 is 0 Å². The van der Waals surface area contributed by atoms with Crippen molar-refractivity contribution >= 4 is 5.69 Å². The van der Waals surface area contributed by atoms with Crippen molar-refractivity contribution in [3.8, 4) is 0 Å². The van der Waals surface area contributed by atoms with E-state index in [1.807, 2.05) is 7.05 Å². The van der Waals surface area contributed by atoms with Crippen LogP contribution in [0.2, 0.25) is 0 Å². The van der Waals surface area contributed by atoms with Crippen LogP contribution in [0.15, 0.2) is 24.3 Å². The Morgan fingerprint density at radius 2 is 2.20 bits per heavy atom. The molecule has 0 bridgehead atoms. The van der Waals surface area contributed by atoms with Gasteiger partial charge in [-0.05, 0) is 38.9 Å². The molecule has 1 heterocycles. The van der Waals surface area contributed by atoms with Gasteiger partial charge in [0.15, 0.2) is 0 Å². The van der Waals surface area contributed by atoms with Gasteiger partial charge in [-0.3, -0.25) is 0 Å². The Bertz CT molecular complexity index is 335. The molecule has 1 aliphatic heterocycles. The van der Waals surface area contributed by atoms with Gasteiger partial charge in [-0.2, -0.15) is 0 Å². The minimum atomic E-state index is 0.540. The first-order valence-electron chi connectivity index (χ1n) is 5.74. The van der Waals surface area contributed by atoms with E-state index < -0.39 is 0 Å². The van der Waals surface area contributed by atoms with Gasteiger partial charge in [-0.15, -0.1) is 0 Å². The second kappa shape index (κ2) is 4.23. The molecule has 1 N–H and O–H groups in total. The summed E-state index contributed by atoms with van der Waals surface area (Å²) in [6.45, 7) is 5.63. The first-order chi connectivity index (χ1) is 7.22. The molecule has 1 aromatic carbocycles. The smallest absolute Gasteiger partial charge is 0.0402 e. The number of nitrogens with zero attached hydrogens (tertiary/aromatic N) is 1. The molecular formula is C13H20N2. The average molecular weight is 204 g/mol. The first-order valence-corrected chi connectivity index (χ1v) is 5.74. The van der Waals surface area contributed by atoms with E-state index in [2.05, 4.69) is 48.3 Å². The minimum Gasteiger partial charge on any atom is -0.367 e. The Kier molecular flexibility index (Phi) is 2.96. The van der Waals surface area contributed by atoms with Crippen molar-refractivity contribution in [3.05, 3.63) is 29.8 Å². The Hall–Kier alpha value is -1.02. The van der Waals surface area contributed by atoms with Crippen LogP contribution in [0.25, 0.3) is 0 Å². The molecule has 2 rings (SSSR count). The number of hydrogen-bond acceptors (Lipinski definition) is 2. The van der Waals surface area contributed by atoms with Crippen LogP contribution >= 0.6 is 0 Å². The lowest BCUT2D eigenvalue weighted by molar-refractivity contribution is 0.558. The van der Waals surface area contributed by atoms with Crippen molar-refractivity contribution in [1.82, 2.24) is 5.32 Å². The number of fused-ring (bicyclic) bond motifs is 1. The summed E-state index contributed by atoms with van der Waals surface area (Å²) in [7, 11) is 2.03. The van der Waals surface area contributed by atoms with Gasteiger partial charge in [0.05, 0.1) is 0 Å². The topological polar surface area (TPSA) is 15.3 Å². The fourth-order valence-corrected chi connectivity index (χ4v) is 2.29. The highest BCUT2D eigenvalue weighted by molar-refractivity contribution is 5.59. The Balaban J connectivity index is 2.18. The van der Waals surface area contributed by atoms with E-state index in [-0.39, 0.29) is 0 Å². The molecule has 2 nitrogen and oxygen atoms in total. The van der Waals surface area contributed by atoms with Crippen LogP contribution in [-0.4, -0.2) is 25.7 Å². The summed E-state index contributed by atoms with van der Waals surface area (Å²) >= 11 is 0. The highest BCUT2D eigenvalue weighted by Crippen LogP contribution is 2.31. The quantitative estimate of drug-likeness (QED) is 0.810. The molecule has 0 saturated carbocycles. The molecule has 2 heteroatoms. The maximum absolute atomic E-state index is 3.30. The average Bonchev–Trinajstić information content (AvgIpc) is 2.55. The zero-order valence-corrected chi connectivity index (χ0v) is 9.83. The summed E-state index contributed by atoms with van der Waals surface area (Å²) in [6.07, 6.45) is 1.19. The molecule has 0 fully saturated rings. The SMILES string of the molecule is CNC(C)CN1c2ccccc2CC1C. The summed E-state index contributed by atoms with van der Waals surface area (Å²) in [4.78, 5) is 2.51. The zero-order valence-electron chi connectivity index (χ0n) is 9.83. The second-order valence-electron chi connectivity index (χ2n) is 4.52. The van der Waals surface area contributed by atoms with E-state index in [4.69, 9.17) is 0 Å². The molecule has 15 heavy (non-hydrogen) atoms. The van der Waals surface area contributed by atoms with Crippen molar-refractivity contribution in [3.63, 3.8) is 0 Å². The Morgan fingerprint density at radius 1 is 1.47 bits per heavy atom. The van der Waals surface area contributed by atoms with Gasteiger partial charge in [0.2, 0.25) is 0 Å². The van der Waals surface area contributed by atoms with Gasteiger partial charge in [0.1, 0.15) is 0 Å². The van der Waals surface area contributed by atoms with Crippen molar-refractivity contribution in [1.29, 1.82) is 0 Å². The maximum Gasteiger partial charge on any atom is 0.0402 e. The number of hydrogen-bond donors (Lipinski definition) is 1. The summed E-state index contributed by atoms with van der Waals surface area (Å²) in [6, 6.07) is 9.93. The summed E-state index contributed by atoms with van der Waals surface area (Å²) < 4.78 is 0. The van der Waals surface area contributed by atoms with Crippen LogP contribution in [0.3, 0.4) is 0 Å². The number of rotatable bonds is 3. The van der Waals surface area contributed by atoms with E-state index in [0.717, 1.165) is 6.54 Å².